The summed E-state index contributed by atoms with van der Waals surface area (Å²) in [6.45, 7) is 0.396. The number of halogens is 1. The summed E-state index contributed by atoms with van der Waals surface area (Å²) in [5.41, 5.74) is 0.0875. The van der Waals surface area contributed by atoms with E-state index in [1.807, 2.05) is 6.07 Å². The van der Waals surface area contributed by atoms with Gasteiger partial charge in [-0.05, 0) is 24.3 Å². The zero-order chi connectivity index (χ0) is 20.1. The molecule has 28 heavy (non-hydrogen) atoms. The topological polar surface area (TPSA) is 90.7 Å². The Morgan fingerprint density at radius 1 is 1.11 bits per heavy atom. The Kier molecular flexibility index (Phi) is 5.92. The predicted octanol–water partition coefficient (Wildman–Crippen LogP) is 1.61. The van der Waals surface area contributed by atoms with Crippen molar-refractivity contribution in [1.29, 1.82) is 5.26 Å². The molecule has 0 N–H and O–H groups in total. The maximum atomic E-state index is 13.1. The number of piperazine rings is 1. The highest BCUT2D eigenvalue weighted by molar-refractivity contribution is 7.89. The lowest BCUT2D eigenvalue weighted by atomic mass is 10.2. The third-order valence-electron chi connectivity index (χ3n) is 4.38. The molecular formula is C19H18FN3O4S. The van der Waals surface area contributed by atoms with Crippen LogP contribution in [0.5, 0.6) is 5.75 Å². The maximum Gasteiger partial charge on any atom is 0.260 e. The maximum absolute atomic E-state index is 13.1. The highest BCUT2D eigenvalue weighted by Crippen LogP contribution is 2.21. The van der Waals surface area contributed by atoms with Crippen LogP contribution in [0, 0.1) is 17.1 Å². The van der Waals surface area contributed by atoms with E-state index < -0.39 is 15.8 Å². The minimum atomic E-state index is -3.81. The van der Waals surface area contributed by atoms with Gasteiger partial charge in [0.05, 0.1) is 10.5 Å². The number of ether oxygens (including phenoxy) is 1. The molecule has 9 heteroatoms. The van der Waals surface area contributed by atoms with Gasteiger partial charge in [-0.15, -0.1) is 0 Å². The molecule has 1 aliphatic rings. The Morgan fingerprint density at radius 3 is 2.50 bits per heavy atom. The average molecular weight is 403 g/mol. The molecule has 1 aliphatic heterocycles. The lowest BCUT2D eigenvalue weighted by Crippen LogP contribution is -2.51. The average Bonchev–Trinajstić information content (AvgIpc) is 2.72. The molecule has 1 amide bonds. The van der Waals surface area contributed by atoms with Gasteiger partial charge in [0.25, 0.3) is 5.91 Å². The Balaban J connectivity index is 1.59. The van der Waals surface area contributed by atoms with Crippen LogP contribution in [0.25, 0.3) is 0 Å². The number of benzene rings is 2. The van der Waals surface area contributed by atoms with E-state index in [4.69, 9.17) is 10.00 Å². The minimum absolute atomic E-state index is 0.0354. The molecule has 2 aromatic carbocycles. The van der Waals surface area contributed by atoms with Crippen molar-refractivity contribution in [1.82, 2.24) is 9.21 Å². The van der Waals surface area contributed by atoms with Crippen LogP contribution in [-0.4, -0.2) is 56.3 Å². The molecule has 0 bridgehead atoms. The molecular weight excluding hydrogens is 385 g/mol. The van der Waals surface area contributed by atoms with Crippen LogP contribution in [0.15, 0.2) is 53.4 Å². The molecule has 3 rings (SSSR count). The Bertz CT molecular complexity index is 1010. The number of hydrogen-bond donors (Lipinski definition) is 0. The van der Waals surface area contributed by atoms with E-state index in [0.29, 0.717) is 0 Å². The van der Waals surface area contributed by atoms with E-state index in [1.54, 1.807) is 18.2 Å². The SMILES string of the molecule is N#Cc1ccccc1S(=O)(=O)N1CCN(C(=O)COc2cccc(F)c2)CC1. The summed E-state index contributed by atoms with van der Waals surface area (Å²) in [6, 6.07) is 13.4. The van der Waals surface area contributed by atoms with Crippen LogP contribution in [0.2, 0.25) is 0 Å². The second kappa shape index (κ2) is 8.37. The second-order valence-corrected chi connectivity index (χ2v) is 8.05. The summed E-state index contributed by atoms with van der Waals surface area (Å²) in [5, 5.41) is 9.14. The molecule has 146 valence electrons. The quantitative estimate of drug-likeness (QED) is 0.757. The third-order valence-corrected chi connectivity index (χ3v) is 6.33. The van der Waals surface area contributed by atoms with Crippen LogP contribution < -0.4 is 4.74 Å². The van der Waals surface area contributed by atoms with Crippen LogP contribution in [0.3, 0.4) is 0 Å². The number of carbonyl (C=O) groups excluding carboxylic acids is 1. The first kappa shape index (κ1) is 19.8. The molecule has 1 fully saturated rings. The molecule has 0 spiro atoms. The summed E-state index contributed by atoms with van der Waals surface area (Å²) in [4.78, 5) is 13.7. The molecule has 7 nitrogen and oxygen atoms in total. The Hall–Kier alpha value is -2.96. The predicted molar refractivity (Wildman–Crippen MR) is 98.4 cm³/mol. The van der Waals surface area contributed by atoms with Crippen LogP contribution in [-0.2, 0) is 14.8 Å². The van der Waals surface area contributed by atoms with Gasteiger partial charge < -0.3 is 9.64 Å². The highest BCUT2D eigenvalue weighted by Gasteiger charge is 2.31. The number of carbonyl (C=O) groups is 1. The largest absolute Gasteiger partial charge is 0.484 e. The summed E-state index contributed by atoms with van der Waals surface area (Å²) in [6.07, 6.45) is 0. The fourth-order valence-electron chi connectivity index (χ4n) is 2.89. The molecule has 0 aliphatic carbocycles. The van der Waals surface area contributed by atoms with Gasteiger partial charge in [-0.2, -0.15) is 9.57 Å². The monoisotopic (exact) mass is 403 g/mol. The van der Waals surface area contributed by atoms with E-state index in [2.05, 4.69) is 0 Å². The summed E-state index contributed by atoms with van der Waals surface area (Å²) in [5.74, 6) is -0.511. The van der Waals surface area contributed by atoms with Gasteiger partial charge >= 0.3 is 0 Å². The first-order chi connectivity index (χ1) is 13.4. The van der Waals surface area contributed by atoms with E-state index in [9.17, 15) is 17.6 Å². The Labute approximate surface area is 162 Å². The number of nitrogens with zero attached hydrogens (tertiary/aromatic N) is 3. The van der Waals surface area contributed by atoms with Gasteiger partial charge in [0, 0.05) is 32.2 Å². The summed E-state index contributed by atoms with van der Waals surface area (Å²) >= 11 is 0. The van der Waals surface area contributed by atoms with Crippen molar-refractivity contribution in [3.63, 3.8) is 0 Å². The first-order valence-electron chi connectivity index (χ1n) is 8.57. The van der Waals surface area contributed by atoms with E-state index in [-0.39, 0.29) is 54.9 Å². The number of amides is 1. The van der Waals surface area contributed by atoms with Crippen molar-refractivity contribution in [2.75, 3.05) is 32.8 Å². The van der Waals surface area contributed by atoms with Gasteiger partial charge in [0.2, 0.25) is 10.0 Å². The first-order valence-corrected chi connectivity index (χ1v) is 10.0. The van der Waals surface area contributed by atoms with Crippen molar-refractivity contribution in [3.05, 3.63) is 59.9 Å². The summed E-state index contributed by atoms with van der Waals surface area (Å²) in [7, 11) is -3.81. The molecule has 0 aromatic heterocycles. The van der Waals surface area contributed by atoms with Gasteiger partial charge in [-0.1, -0.05) is 18.2 Å². The van der Waals surface area contributed by atoms with Gasteiger partial charge in [0.1, 0.15) is 17.6 Å². The van der Waals surface area contributed by atoms with Crippen molar-refractivity contribution >= 4 is 15.9 Å². The minimum Gasteiger partial charge on any atom is -0.484 e. The number of nitriles is 1. The van der Waals surface area contributed by atoms with Crippen molar-refractivity contribution in [2.24, 2.45) is 0 Å². The van der Waals surface area contributed by atoms with Gasteiger partial charge in [-0.3, -0.25) is 4.79 Å². The summed E-state index contributed by atoms with van der Waals surface area (Å²) < 4.78 is 45.3. The lowest BCUT2D eigenvalue weighted by molar-refractivity contribution is -0.134. The van der Waals surface area contributed by atoms with Crippen LogP contribution in [0.4, 0.5) is 4.39 Å². The molecule has 0 atom stereocenters. The van der Waals surface area contributed by atoms with Crippen LogP contribution >= 0.6 is 0 Å². The molecule has 0 saturated carbocycles. The normalized spacial score (nSPS) is 15.1. The Morgan fingerprint density at radius 2 is 1.82 bits per heavy atom. The van der Waals surface area contributed by atoms with E-state index >= 15 is 0 Å². The zero-order valence-electron chi connectivity index (χ0n) is 14.9. The molecule has 1 saturated heterocycles. The van der Waals surface area contributed by atoms with Crippen molar-refractivity contribution in [3.8, 4) is 11.8 Å². The second-order valence-electron chi connectivity index (χ2n) is 6.14. The number of sulfonamides is 1. The van der Waals surface area contributed by atoms with Crippen molar-refractivity contribution < 1.29 is 22.3 Å². The molecule has 0 unspecified atom stereocenters. The molecule has 2 aromatic rings. The molecule has 1 heterocycles. The third kappa shape index (κ3) is 4.30. The number of rotatable bonds is 5. The smallest absolute Gasteiger partial charge is 0.260 e. The van der Waals surface area contributed by atoms with Crippen LogP contribution in [0.1, 0.15) is 5.56 Å². The lowest BCUT2D eigenvalue weighted by Gasteiger charge is -2.34. The zero-order valence-corrected chi connectivity index (χ0v) is 15.7. The standard InChI is InChI=1S/C19H18FN3O4S/c20-16-5-3-6-17(12-16)27-14-19(24)22-8-10-23(11-9-22)28(25,26)18-7-2-1-4-15(18)13-21/h1-7,12H,8-11,14H2. The van der Waals surface area contributed by atoms with Gasteiger partial charge in [0.15, 0.2) is 6.61 Å². The highest BCUT2D eigenvalue weighted by atomic mass is 32.2. The van der Waals surface area contributed by atoms with E-state index in [1.165, 1.54) is 39.5 Å². The molecule has 0 radical (unpaired) electrons. The fraction of sp³-hybridized carbons (Fsp3) is 0.263. The van der Waals surface area contributed by atoms with E-state index in [0.717, 1.165) is 0 Å². The number of hydrogen-bond acceptors (Lipinski definition) is 5. The van der Waals surface area contributed by atoms with Crippen molar-refractivity contribution in [2.45, 2.75) is 4.90 Å². The van der Waals surface area contributed by atoms with Gasteiger partial charge in [-0.25, -0.2) is 12.8 Å². The fourth-order valence-corrected chi connectivity index (χ4v) is 4.46.